The molecule has 0 bridgehead atoms. The van der Waals surface area contributed by atoms with Crippen LogP contribution in [0.25, 0.3) is 0 Å². The zero-order valence-electron chi connectivity index (χ0n) is 9.48. The Morgan fingerprint density at radius 3 is 1.63 bits per heavy atom. The van der Waals surface area contributed by atoms with Crippen molar-refractivity contribution in [3.05, 3.63) is 0 Å². The van der Waals surface area contributed by atoms with Crippen molar-refractivity contribution in [1.82, 2.24) is 0 Å². The van der Waals surface area contributed by atoms with Crippen LogP contribution >= 0.6 is 15.9 Å². The number of halogens is 10. The van der Waals surface area contributed by atoms with Gasteiger partial charge in [-0.3, -0.25) is 0 Å². The Kier molecular flexibility index (Phi) is 5.64. The Morgan fingerprint density at radius 1 is 0.895 bits per heavy atom. The van der Waals surface area contributed by atoms with Gasteiger partial charge in [-0.15, -0.1) is 0 Å². The Hall–Kier alpha value is -0.150. The molecule has 0 radical (unpaired) electrons. The first-order chi connectivity index (χ1) is 8.23. The van der Waals surface area contributed by atoms with E-state index in [2.05, 4.69) is 0 Å². The van der Waals surface area contributed by atoms with Crippen molar-refractivity contribution >= 4 is 15.9 Å². The molecule has 0 aromatic rings. The van der Waals surface area contributed by atoms with Gasteiger partial charge in [0, 0.05) is 0 Å². The summed E-state index contributed by atoms with van der Waals surface area (Å²) < 4.78 is 115. The predicted molar refractivity (Wildman–Crippen MR) is 53.1 cm³/mol. The zero-order chi connectivity index (χ0) is 15.7. The first-order valence-corrected chi connectivity index (χ1v) is 5.87. The average Bonchev–Trinajstić information content (AvgIpc) is 2.23. The summed E-state index contributed by atoms with van der Waals surface area (Å²) in [6, 6.07) is 0. The van der Waals surface area contributed by atoms with Crippen LogP contribution in [0.5, 0.6) is 0 Å². The SMILES string of the molecule is CCCCC(F)C(F)(F)C(F)(F)C(F)(F)C(F)(F)Br. The van der Waals surface area contributed by atoms with Gasteiger partial charge in [0.2, 0.25) is 0 Å². The molecule has 0 aromatic heterocycles. The molecule has 0 fully saturated rings. The van der Waals surface area contributed by atoms with E-state index in [0.717, 1.165) is 15.9 Å². The third kappa shape index (κ3) is 3.30. The van der Waals surface area contributed by atoms with Crippen molar-refractivity contribution in [2.24, 2.45) is 0 Å². The molecular weight excluding hydrogens is 359 g/mol. The summed E-state index contributed by atoms with van der Waals surface area (Å²) >= 11 is 0.911. The lowest BCUT2D eigenvalue weighted by Crippen LogP contribution is -2.63. The molecule has 0 aliphatic rings. The molecule has 10 heteroatoms. The van der Waals surface area contributed by atoms with Crippen LogP contribution in [-0.4, -0.2) is 28.8 Å². The van der Waals surface area contributed by atoms with Gasteiger partial charge in [-0.05, 0) is 22.4 Å². The van der Waals surface area contributed by atoms with Crippen LogP contribution < -0.4 is 0 Å². The van der Waals surface area contributed by atoms with Gasteiger partial charge in [-0.1, -0.05) is 19.8 Å². The summed E-state index contributed by atoms with van der Waals surface area (Å²) in [5.74, 6) is -18.9. The minimum atomic E-state index is -6.54. The Balaban J connectivity index is 5.38. The highest BCUT2D eigenvalue weighted by atomic mass is 79.9. The van der Waals surface area contributed by atoms with Crippen molar-refractivity contribution in [2.45, 2.75) is 55.0 Å². The lowest BCUT2D eigenvalue weighted by molar-refractivity contribution is -0.356. The minimum Gasteiger partial charge on any atom is -0.241 e. The van der Waals surface area contributed by atoms with Crippen molar-refractivity contribution in [1.29, 1.82) is 0 Å². The first-order valence-electron chi connectivity index (χ1n) is 5.07. The van der Waals surface area contributed by atoms with Crippen molar-refractivity contribution < 1.29 is 39.5 Å². The number of alkyl halides is 10. The number of unbranched alkanes of at least 4 members (excludes halogenated alkanes) is 1. The molecule has 116 valence electrons. The smallest absolute Gasteiger partial charge is 0.241 e. The van der Waals surface area contributed by atoms with Gasteiger partial charge in [0.25, 0.3) is 0 Å². The van der Waals surface area contributed by atoms with E-state index in [4.69, 9.17) is 0 Å². The maximum Gasteiger partial charge on any atom is 0.388 e. The summed E-state index contributed by atoms with van der Waals surface area (Å²) in [5, 5.41) is 0. The predicted octanol–water partition coefficient (Wildman–Crippen LogP) is 5.41. The molecule has 0 aliphatic heterocycles. The molecule has 0 amide bonds. The summed E-state index contributed by atoms with van der Waals surface area (Å²) in [4.78, 5) is -5.60. The Morgan fingerprint density at radius 2 is 1.32 bits per heavy atom. The van der Waals surface area contributed by atoms with Gasteiger partial charge in [0.15, 0.2) is 6.17 Å². The van der Waals surface area contributed by atoms with Crippen LogP contribution in [0, 0.1) is 0 Å². The fourth-order valence-electron chi connectivity index (χ4n) is 1.15. The van der Waals surface area contributed by atoms with Gasteiger partial charge in [0.1, 0.15) is 0 Å². The topological polar surface area (TPSA) is 0 Å². The quantitative estimate of drug-likeness (QED) is 0.416. The van der Waals surface area contributed by atoms with E-state index in [-0.39, 0.29) is 12.8 Å². The molecule has 0 nitrogen and oxygen atoms in total. The van der Waals surface area contributed by atoms with Gasteiger partial charge >= 0.3 is 22.6 Å². The molecule has 0 heterocycles. The van der Waals surface area contributed by atoms with Crippen LogP contribution in [0.15, 0.2) is 0 Å². The maximum absolute atomic E-state index is 13.0. The Bertz CT molecular complexity index is 297. The van der Waals surface area contributed by atoms with E-state index in [0.29, 0.717) is 0 Å². The highest BCUT2D eigenvalue weighted by Crippen LogP contribution is 2.56. The van der Waals surface area contributed by atoms with Gasteiger partial charge in [0.05, 0.1) is 0 Å². The monoisotopic (exact) mass is 368 g/mol. The second-order valence-electron chi connectivity index (χ2n) is 3.88. The second-order valence-corrected chi connectivity index (χ2v) is 4.88. The average molecular weight is 369 g/mol. The molecule has 19 heavy (non-hydrogen) atoms. The molecule has 0 N–H and O–H groups in total. The number of hydrogen-bond acceptors (Lipinski definition) is 0. The van der Waals surface area contributed by atoms with E-state index in [1.807, 2.05) is 0 Å². The summed E-state index contributed by atoms with van der Waals surface area (Å²) in [6.45, 7) is 1.42. The standard InChI is InChI=1S/C9H10BrF9/c1-2-3-4-5(11)6(12,13)7(14,15)8(16,17)9(10,18)19/h5H,2-4H2,1H3. The molecule has 0 saturated carbocycles. The van der Waals surface area contributed by atoms with Crippen LogP contribution in [0.1, 0.15) is 26.2 Å². The van der Waals surface area contributed by atoms with E-state index in [1.165, 1.54) is 6.92 Å². The van der Waals surface area contributed by atoms with Crippen molar-refractivity contribution in [2.75, 3.05) is 0 Å². The zero-order valence-corrected chi connectivity index (χ0v) is 11.1. The van der Waals surface area contributed by atoms with Crippen LogP contribution in [-0.2, 0) is 0 Å². The van der Waals surface area contributed by atoms with E-state index in [1.54, 1.807) is 0 Å². The first kappa shape index (κ1) is 18.9. The number of hydrogen-bond donors (Lipinski definition) is 0. The van der Waals surface area contributed by atoms with E-state index >= 15 is 0 Å². The van der Waals surface area contributed by atoms with Gasteiger partial charge < -0.3 is 0 Å². The largest absolute Gasteiger partial charge is 0.388 e. The molecule has 0 aliphatic carbocycles. The molecule has 0 spiro atoms. The fourth-order valence-corrected chi connectivity index (χ4v) is 1.40. The molecule has 1 unspecified atom stereocenters. The third-order valence-electron chi connectivity index (χ3n) is 2.37. The maximum atomic E-state index is 13.0. The fraction of sp³-hybridized carbons (Fsp3) is 1.00. The van der Waals surface area contributed by atoms with E-state index in [9.17, 15) is 39.5 Å². The van der Waals surface area contributed by atoms with Crippen molar-refractivity contribution in [3.8, 4) is 0 Å². The van der Waals surface area contributed by atoms with Gasteiger partial charge in [-0.25, -0.2) is 4.39 Å². The molecule has 1 atom stereocenters. The molecule has 0 aromatic carbocycles. The summed E-state index contributed by atoms with van der Waals surface area (Å²) in [6.07, 6.45) is -4.91. The third-order valence-corrected chi connectivity index (χ3v) is 2.87. The second kappa shape index (κ2) is 5.69. The summed E-state index contributed by atoms with van der Waals surface area (Å²) in [5.41, 5.74) is 0. The molecule has 0 saturated heterocycles. The molecule has 0 rings (SSSR count). The normalized spacial score (nSPS) is 16.6. The number of rotatable bonds is 7. The van der Waals surface area contributed by atoms with E-state index < -0.39 is 35.2 Å². The van der Waals surface area contributed by atoms with Crippen molar-refractivity contribution in [3.63, 3.8) is 0 Å². The van der Waals surface area contributed by atoms with Gasteiger partial charge in [-0.2, -0.15) is 35.1 Å². The summed E-state index contributed by atoms with van der Waals surface area (Å²) in [7, 11) is 0. The van der Waals surface area contributed by atoms with Crippen LogP contribution in [0.3, 0.4) is 0 Å². The molecular formula is C9H10BrF9. The highest BCUT2D eigenvalue weighted by molar-refractivity contribution is 9.10. The highest BCUT2D eigenvalue weighted by Gasteiger charge is 2.81. The van der Waals surface area contributed by atoms with Crippen LogP contribution in [0.4, 0.5) is 39.5 Å². The Labute approximate surface area is 111 Å². The van der Waals surface area contributed by atoms with Crippen LogP contribution in [0.2, 0.25) is 0 Å². The minimum absolute atomic E-state index is 0.146. The lowest BCUT2D eigenvalue weighted by Gasteiger charge is -2.36. The lowest BCUT2D eigenvalue weighted by atomic mass is 9.97.